The third kappa shape index (κ3) is 1.74. The first-order chi connectivity index (χ1) is 9.33. The Kier molecular flexibility index (Phi) is 2.68. The van der Waals surface area contributed by atoms with Gasteiger partial charge < -0.3 is 4.79 Å². The topological polar surface area (TPSA) is 69.8 Å². The maximum Gasteiger partial charge on any atom is 0.334 e. The zero-order valence-corrected chi connectivity index (χ0v) is 9.93. The van der Waals surface area contributed by atoms with E-state index >= 15 is 0 Å². The van der Waals surface area contributed by atoms with Crippen molar-refractivity contribution in [3.8, 4) is 5.69 Å². The highest BCUT2D eigenvalue weighted by atomic mass is 16.2. The first-order valence-electron chi connectivity index (χ1n) is 5.72. The summed E-state index contributed by atoms with van der Waals surface area (Å²) < 4.78 is 2.92. The van der Waals surface area contributed by atoms with E-state index < -0.39 is 0 Å². The number of rotatable bonds is 3. The van der Waals surface area contributed by atoms with Gasteiger partial charge in [0.05, 0.1) is 35.7 Å². The Morgan fingerprint density at radius 1 is 1.11 bits per heavy atom. The lowest BCUT2D eigenvalue weighted by molar-refractivity contribution is -0.108. The fourth-order valence-electron chi connectivity index (χ4n) is 2.12. The van der Waals surface area contributed by atoms with E-state index in [1.807, 2.05) is 18.2 Å². The van der Waals surface area contributed by atoms with Gasteiger partial charge in [-0.25, -0.2) is 14.8 Å². The highest BCUT2D eigenvalue weighted by Gasteiger charge is 2.13. The number of fused-ring (bicyclic) bond motifs is 1. The average molecular weight is 254 g/mol. The lowest BCUT2D eigenvalue weighted by Gasteiger charge is -2.00. The SMILES string of the molecule is O=CCn1c(=O)n(-c2cncnc2)c2ccccc21. The number of para-hydroxylation sites is 2. The Labute approximate surface area is 108 Å². The van der Waals surface area contributed by atoms with Crippen LogP contribution < -0.4 is 5.69 Å². The molecule has 6 nitrogen and oxygen atoms in total. The minimum absolute atomic E-state index is 0.0278. The Morgan fingerprint density at radius 3 is 2.47 bits per heavy atom. The fourth-order valence-corrected chi connectivity index (χ4v) is 2.12. The molecule has 2 aromatic heterocycles. The van der Waals surface area contributed by atoms with Crippen molar-refractivity contribution in [2.45, 2.75) is 6.54 Å². The summed E-state index contributed by atoms with van der Waals surface area (Å²) in [6.45, 7) is 0.0278. The van der Waals surface area contributed by atoms with Crippen LogP contribution in [0.2, 0.25) is 0 Å². The van der Waals surface area contributed by atoms with E-state index in [0.29, 0.717) is 17.5 Å². The van der Waals surface area contributed by atoms with E-state index in [1.54, 1.807) is 18.5 Å². The van der Waals surface area contributed by atoms with Gasteiger partial charge in [0.25, 0.3) is 0 Å². The number of carbonyl (C=O) groups excluding carboxylic acids is 1. The summed E-state index contributed by atoms with van der Waals surface area (Å²) in [6.07, 6.45) is 5.23. The molecule has 19 heavy (non-hydrogen) atoms. The Hall–Kier alpha value is -2.76. The maximum absolute atomic E-state index is 12.4. The lowest BCUT2D eigenvalue weighted by atomic mass is 10.3. The number of benzene rings is 1. The predicted octanol–water partition coefficient (Wildman–Crippen LogP) is 0.781. The second-order valence-corrected chi connectivity index (χ2v) is 3.98. The number of aromatic nitrogens is 4. The van der Waals surface area contributed by atoms with Crippen molar-refractivity contribution in [2.75, 3.05) is 0 Å². The second kappa shape index (κ2) is 4.49. The van der Waals surface area contributed by atoms with Crippen LogP contribution in [0, 0.1) is 0 Å². The van der Waals surface area contributed by atoms with E-state index in [1.165, 1.54) is 15.5 Å². The molecule has 0 saturated carbocycles. The molecule has 0 amide bonds. The van der Waals surface area contributed by atoms with Gasteiger partial charge in [-0.3, -0.25) is 9.13 Å². The molecule has 3 rings (SSSR count). The third-order valence-electron chi connectivity index (χ3n) is 2.90. The van der Waals surface area contributed by atoms with Gasteiger partial charge in [0.15, 0.2) is 0 Å². The molecule has 6 heteroatoms. The smallest absolute Gasteiger partial charge is 0.301 e. The normalized spacial score (nSPS) is 10.7. The predicted molar refractivity (Wildman–Crippen MR) is 69.2 cm³/mol. The summed E-state index contributed by atoms with van der Waals surface area (Å²) in [7, 11) is 0. The van der Waals surface area contributed by atoms with Crippen LogP contribution in [0.5, 0.6) is 0 Å². The highest BCUT2D eigenvalue weighted by molar-refractivity contribution is 5.78. The molecule has 1 aromatic carbocycles. The molecule has 3 aromatic rings. The van der Waals surface area contributed by atoms with Crippen LogP contribution in [0.15, 0.2) is 47.8 Å². The van der Waals surface area contributed by atoms with Crippen LogP contribution in [-0.4, -0.2) is 25.4 Å². The third-order valence-corrected chi connectivity index (χ3v) is 2.90. The number of carbonyl (C=O) groups is 1. The average Bonchev–Trinajstić information content (AvgIpc) is 2.73. The quantitative estimate of drug-likeness (QED) is 0.648. The van der Waals surface area contributed by atoms with E-state index in [-0.39, 0.29) is 12.2 Å². The van der Waals surface area contributed by atoms with Crippen molar-refractivity contribution in [2.24, 2.45) is 0 Å². The van der Waals surface area contributed by atoms with Crippen LogP contribution >= 0.6 is 0 Å². The minimum Gasteiger partial charge on any atom is -0.301 e. The van der Waals surface area contributed by atoms with Gasteiger partial charge >= 0.3 is 5.69 Å². The highest BCUT2D eigenvalue weighted by Crippen LogP contribution is 2.15. The van der Waals surface area contributed by atoms with E-state index in [2.05, 4.69) is 9.97 Å². The molecule has 0 aliphatic heterocycles. The number of hydrogen-bond donors (Lipinski definition) is 0. The molecule has 0 unspecified atom stereocenters. The molecule has 0 fully saturated rings. The van der Waals surface area contributed by atoms with Crippen LogP contribution in [-0.2, 0) is 11.3 Å². The Balaban J connectivity index is 2.40. The second-order valence-electron chi connectivity index (χ2n) is 3.98. The van der Waals surface area contributed by atoms with Gasteiger partial charge in [-0.1, -0.05) is 12.1 Å². The molecule has 0 aliphatic carbocycles. The summed E-state index contributed by atoms with van der Waals surface area (Å²) in [5, 5.41) is 0. The van der Waals surface area contributed by atoms with Crippen molar-refractivity contribution >= 4 is 17.3 Å². The summed E-state index contributed by atoms with van der Waals surface area (Å²) in [5.74, 6) is 0. The van der Waals surface area contributed by atoms with Crippen molar-refractivity contribution in [3.63, 3.8) is 0 Å². The molecule has 0 spiro atoms. The van der Waals surface area contributed by atoms with Gasteiger partial charge in [-0.15, -0.1) is 0 Å². The number of hydrogen-bond acceptors (Lipinski definition) is 4. The van der Waals surface area contributed by atoms with Crippen molar-refractivity contribution in [3.05, 3.63) is 53.5 Å². The van der Waals surface area contributed by atoms with Gasteiger partial charge in [0.1, 0.15) is 12.6 Å². The minimum atomic E-state index is -0.275. The van der Waals surface area contributed by atoms with Crippen molar-refractivity contribution in [1.82, 2.24) is 19.1 Å². The summed E-state index contributed by atoms with van der Waals surface area (Å²) in [6, 6.07) is 7.30. The van der Waals surface area contributed by atoms with Gasteiger partial charge in [0.2, 0.25) is 0 Å². The fraction of sp³-hybridized carbons (Fsp3) is 0.0769. The number of imidazole rings is 1. The largest absolute Gasteiger partial charge is 0.334 e. The molecular formula is C13H10N4O2. The molecule has 0 atom stereocenters. The zero-order chi connectivity index (χ0) is 13.2. The summed E-state index contributed by atoms with van der Waals surface area (Å²) >= 11 is 0. The maximum atomic E-state index is 12.4. The van der Waals surface area contributed by atoms with Crippen LogP contribution in [0.1, 0.15) is 0 Å². The molecular weight excluding hydrogens is 244 g/mol. The van der Waals surface area contributed by atoms with Crippen LogP contribution in [0.25, 0.3) is 16.7 Å². The Bertz CT molecular complexity index is 789. The molecule has 2 heterocycles. The molecule has 0 radical (unpaired) electrons. The number of aldehydes is 1. The first kappa shape index (κ1) is 11.3. The molecule has 0 aliphatic rings. The molecule has 0 bridgehead atoms. The van der Waals surface area contributed by atoms with Gasteiger partial charge in [0, 0.05) is 0 Å². The molecule has 0 saturated heterocycles. The van der Waals surface area contributed by atoms with Crippen LogP contribution in [0.4, 0.5) is 0 Å². The van der Waals surface area contributed by atoms with Crippen molar-refractivity contribution in [1.29, 1.82) is 0 Å². The summed E-state index contributed by atoms with van der Waals surface area (Å²) in [5.41, 5.74) is 1.74. The van der Waals surface area contributed by atoms with Gasteiger partial charge in [-0.05, 0) is 12.1 Å². The lowest BCUT2D eigenvalue weighted by Crippen LogP contribution is -2.23. The van der Waals surface area contributed by atoms with E-state index in [4.69, 9.17) is 0 Å². The van der Waals surface area contributed by atoms with E-state index in [9.17, 15) is 9.59 Å². The van der Waals surface area contributed by atoms with E-state index in [0.717, 1.165) is 5.52 Å². The standard InChI is InChI=1S/C13H10N4O2/c18-6-5-16-11-3-1-2-4-12(11)17(13(16)19)10-7-14-9-15-8-10/h1-4,6-9H,5H2. The first-order valence-corrected chi connectivity index (χ1v) is 5.72. The zero-order valence-electron chi connectivity index (χ0n) is 9.93. The van der Waals surface area contributed by atoms with Gasteiger partial charge in [-0.2, -0.15) is 0 Å². The molecule has 94 valence electrons. The Morgan fingerprint density at radius 2 is 1.79 bits per heavy atom. The number of nitrogens with zero attached hydrogens (tertiary/aromatic N) is 4. The van der Waals surface area contributed by atoms with Crippen molar-refractivity contribution < 1.29 is 4.79 Å². The summed E-state index contributed by atoms with van der Waals surface area (Å²) in [4.78, 5) is 30.9. The monoisotopic (exact) mass is 254 g/mol. The molecule has 0 N–H and O–H groups in total. The van der Waals surface area contributed by atoms with Crippen LogP contribution in [0.3, 0.4) is 0 Å².